The Morgan fingerprint density at radius 1 is 0.582 bits per heavy atom. The van der Waals surface area contributed by atoms with E-state index >= 15 is 0 Å². The second-order valence-electron chi connectivity index (χ2n) is 14.8. The minimum Gasteiger partial charge on any atom is -0.493 e. The number of carbonyl (C=O) groups is 1. The molecule has 3 aromatic rings. The van der Waals surface area contributed by atoms with Crippen LogP contribution < -0.4 is 28.4 Å². The summed E-state index contributed by atoms with van der Waals surface area (Å²) >= 11 is 0. The summed E-state index contributed by atoms with van der Waals surface area (Å²) in [5.41, 5.74) is 6.40. The number of fused-ring (bicyclic) bond motifs is 2. The van der Waals surface area contributed by atoms with Crippen molar-refractivity contribution in [2.24, 2.45) is 0 Å². The number of methoxy groups -OCH3 is 6. The SMILES string of the molecule is COc1ccc(CC2c3cc(OC)c(OC)cc3CCN2CCCCCCCCCCCOC(=O)CCN2CCc3cc(OC)c(OC)cc3C2)cc1OC. The summed E-state index contributed by atoms with van der Waals surface area (Å²) in [5, 5.41) is 0. The van der Waals surface area contributed by atoms with Gasteiger partial charge in [0.2, 0.25) is 0 Å². The van der Waals surface area contributed by atoms with Crippen LogP contribution in [0.1, 0.15) is 98.1 Å². The zero-order valence-corrected chi connectivity index (χ0v) is 34.2. The molecule has 0 amide bonds. The quantitative estimate of drug-likeness (QED) is 0.0694. The van der Waals surface area contributed by atoms with Crippen LogP contribution in [-0.4, -0.2) is 91.2 Å². The van der Waals surface area contributed by atoms with Gasteiger partial charge < -0.3 is 33.2 Å². The Morgan fingerprint density at radius 2 is 1.13 bits per heavy atom. The molecule has 0 fully saturated rings. The molecule has 5 rings (SSSR count). The Kier molecular flexibility index (Phi) is 16.7. The lowest BCUT2D eigenvalue weighted by molar-refractivity contribution is -0.144. The van der Waals surface area contributed by atoms with Crippen molar-refractivity contribution in [2.75, 3.05) is 75.4 Å². The molecule has 0 saturated heterocycles. The second-order valence-corrected chi connectivity index (χ2v) is 14.8. The molecule has 0 N–H and O–H groups in total. The van der Waals surface area contributed by atoms with Crippen molar-refractivity contribution in [2.45, 2.75) is 96.1 Å². The third-order valence-electron chi connectivity index (χ3n) is 11.3. The maximum absolute atomic E-state index is 12.4. The van der Waals surface area contributed by atoms with Gasteiger partial charge >= 0.3 is 5.97 Å². The highest BCUT2D eigenvalue weighted by Gasteiger charge is 2.29. The van der Waals surface area contributed by atoms with Crippen LogP contribution in [0, 0.1) is 0 Å². The monoisotopic (exact) mass is 760 g/mol. The number of hydrogen-bond acceptors (Lipinski definition) is 10. The van der Waals surface area contributed by atoms with E-state index < -0.39 is 0 Å². The van der Waals surface area contributed by atoms with Gasteiger partial charge in [-0.1, -0.05) is 51.0 Å². The summed E-state index contributed by atoms with van der Waals surface area (Å²) in [6.45, 7) is 5.07. The van der Waals surface area contributed by atoms with Gasteiger partial charge in [0.1, 0.15) is 0 Å². The lowest BCUT2D eigenvalue weighted by atomic mass is 9.87. The fourth-order valence-corrected chi connectivity index (χ4v) is 8.11. The molecular weight excluding hydrogens is 697 g/mol. The molecule has 0 aromatic heterocycles. The first-order valence-corrected chi connectivity index (χ1v) is 20.2. The van der Waals surface area contributed by atoms with E-state index in [1.807, 2.05) is 6.07 Å². The molecule has 0 spiro atoms. The molecule has 10 heteroatoms. The van der Waals surface area contributed by atoms with Gasteiger partial charge in [0.15, 0.2) is 34.5 Å². The minimum atomic E-state index is -0.0980. The molecule has 2 aliphatic rings. The van der Waals surface area contributed by atoms with Crippen LogP contribution in [0.15, 0.2) is 42.5 Å². The van der Waals surface area contributed by atoms with E-state index in [1.165, 1.54) is 72.8 Å². The predicted molar refractivity (Wildman–Crippen MR) is 216 cm³/mol. The van der Waals surface area contributed by atoms with Crippen LogP contribution in [0.3, 0.4) is 0 Å². The van der Waals surface area contributed by atoms with E-state index in [1.54, 1.807) is 42.7 Å². The summed E-state index contributed by atoms with van der Waals surface area (Å²) in [6.07, 6.45) is 13.9. The van der Waals surface area contributed by atoms with E-state index in [-0.39, 0.29) is 12.0 Å². The number of nitrogens with zero attached hydrogens (tertiary/aromatic N) is 2. The summed E-state index contributed by atoms with van der Waals surface area (Å²) < 4.78 is 39.0. The van der Waals surface area contributed by atoms with Crippen molar-refractivity contribution in [1.82, 2.24) is 9.80 Å². The molecule has 55 heavy (non-hydrogen) atoms. The van der Waals surface area contributed by atoms with Crippen LogP contribution in [0.2, 0.25) is 0 Å². The highest BCUT2D eigenvalue weighted by molar-refractivity contribution is 5.69. The predicted octanol–water partition coefficient (Wildman–Crippen LogP) is 8.38. The Hall–Kier alpha value is -4.15. The van der Waals surface area contributed by atoms with Crippen molar-refractivity contribution >= 4 is 5.97 Å². The Balaban J connectivity index is 0.954. The Morgan fingerprint density at radius 3 is 1.78 bits per heavy atom. The number of rotatable bonds is 23. The number of esters is 1. The largest absolute Gasteiger partial charge is 0.493 e. The fraction of sp³-hybridized carbons (Fsp3) is 0.578. The zero-order chi connectivity index (χ0) is 39.0. The Bertz CT molecular complexity index is 1660. The molecule has 302 valence electrons. The van der Waals surface area contributed by atoms with E-state index in [9.17, 15) is 4.79 Å². The van der Waals surface area contributed by atoms with Crippen molar-refractivity contribution < 1.29 is 38.0 Å². The molecular formula is C45H64N2O8. The first-order chi connectivity index (χ1) is 26.9. The normalized spacial score (nSPS) is 15.5. The maximum Gasteiger partial charge on any atom is 0.307 e. The van der Waals surface area contributed by atoms with Crippen LogP contribution in [-0.2, 0) is 35.3 Å². The maximum atomic E-state index is 12.4. The highest BCUT2D eigenvalue weighted by atomic mass is 16.5. The Labute approximate surface area is 329 Å². The van der Waals surface area contributed by atoms with Crippen LogP contribution in [0.5, 0.6) is 34.5 Å². The summed E-state index contributed by atoms with van der Waals surface area (Å²) in [4.78, 5) is 17.4. The van der Waals surface area contributed by atoms with Gasteiger partial charge in [-0.05, 0) is 103 Å². The smallest absolute Gasteiger partial charge is 0.307 e. The van der Waals surface area contributed by atoms with Crippen molar-refractivity contribution in [3.63, 3.8) is 0 Å². The summed E-state index contributed by atoms with van der Waals surface area (Å²) in [7, 11) is 10.1. The van der Waals surface area contributed by atoms with Gasteiger partial charge in [-0.2, -0.15) is 0 Å². The summed E-state index contributed by atoms with van der Waals surface area (Å²) in [6, 6.07) is 15.0. The number of unbranched alkanes of at least 4 members (excludes halogenated alkanes) is 8. The number of carbonyl (C=O) groups excluding carboxylic acids is 1. The van der Waals surface area contributed by atoms with Crippen molar-refractivity contribution in [3.8, 4) is 34.5 Å². The average Bonchev–Trinajstić information content (AvgIpc) is 3.22. The lowest BCUT2D eigenvalue weighted by Gasteiger charge is -2.38. The molecule has 1 unspecified atom stereocenters. The van der Waals surface area contributed by atoms with E-state index in [4.69, 9.17) is 33.2 Å². The van der Waals surface area contributed by atoms with Gasteiger partial charge in [0.05, 0.1) is 55.7 Å². The molecule has 10 nitrogen and oxygen atoms in total. The topological polar surface area (TPSA) is 88.2 Å². The van der Waals surface area contributed by atoms with Crippen molar-refractivity contribution in [1.29, 1.82) is 0 Å². The number of benzene rings is 3. The molecule has 2 heterocycles. The number of ether oxygens (including phenoxy) is 7. The van der Waals surface area contributed by atoms with Gasteiger partial charge in [-0.25, -0.2) is 0 Å². The molecule has 3 aromatic carbocycles. The van der Waals surface area contributed by atoms with E-state index in [2.05, 4.69) is 46.2 Å². The van der Waals surface area contributed by atoms with Gasteiger partial charge in [-0.15, -0.1) is 0 Å². The van der Waals surface area contributed by atoms with E-state index in [0.717, 1.165) is 92.8 Å². The second kappa shape index (κ2) is 21.8. The van der Waals surface area contributed by atoms with Gasteiger partial charge in [0, 0.05) is 32.2 Å². The van der Waals surface area contributed by atoms with Crippen LogP contribution in [0.4, 0.5) is 0 Å². The van der Waals surface area contributed by atoms with Gasteiger partial charge in [0.25, 0.3) is 0 Å². The van der Waals surface area contributed by atoms with Gasteiger partial charge in [-0.3, -0.25) is 14.6 Å². The third-order valence-corrected chi connectivity index (χ3v) is 11.3. The van der Waals surface area contributed by atoms with Crippen LogP contribution >= 0.6 is 0 Å². The molecule has 0 aliphatic carbocycles. The minimum absolute atomic E-state index is 0.0980. The first-order valence-electron chi connectivity index (χ1n) is 20.2. The molecule has 0 bridgehead atoms. The molecule has 0 radical (unpaired) electrons. The zero-order valence-electron chi connectivity index (χ0n) is 34.2. The average molecular weight is 761 g/mol. The molecule has 1 atom stereocenters. The molecule has 2 aliphatic heterocycles. The lowest BCUT2D eigenvalue weighted by Crippen LogP contribution is -2.37. The third kappa shape index (κ3) is 11.7. The van der Waals surface area contributed by atoms with E-state index in [0.29, 0.717) is 19.6 Å². The standard InChI is InChI=1S/C45H64N2O8/c1-49-39-17-16-33(27-40(39)50-2)26-38-37-31-44(54-6)42(52-4)29-35(37)19-24-47(38)21-14-12-10-8-7-9-11-13-15-25-55-45(48)20-23-46-22-18-34-28-41(51-3)43(53-5)30-36(34)32-46/h16-17,27-31,38H,7-15,18-26,32H2,1-6H3. The number of hydrogen-bond donors (Lipinski definition) is 0. The first kappa shape index (κ1) is 42.0. The van der Waals surface area contributed by atoms with Crippen LogP contribution in [0.25, 0.3) is 0 Å². The fourth-order valence-electron chi connectivity index (χ4n) is 8.11. The van der Waals surface area contributed by atoms with Crippen molar-refractivity contribution in [3.05, 3.63) is 70.3 Å². The molecule has 0 saturated carbocycles. The summed E-state index contributed by atoms with van der Waals surface area (Å²) in [5.74, 6) is 4.50. The highest BCUT2D eigenvalue weighted by Crippen LogP contribution is 2.41.